The Kier molecular flexibility index (Phi) is 7.79. The minimum absolute atomic E-state index is 0.0385. The smallest absolute Gasteiger partial charge is 0.335 e. The molecule has 1 atom stereocenters. The predicted octanol–water partition coefficient (Wildman–Crippen LogP) is 4.23. The van der Waals surface area contributed by atoms with Gasteiger partial charge in [0, 0.05) is 29.8 Å². The molecule has 3 aliphatic heterocycles. The number of pyridine rings is 1. The van der Waals surface area contributed by atoms with Crippen LogP contribution in [0.25, 0.3) is 11.0 Å². The lowest BCUT2D eigenvalue weighted by molar-refractivity contribution is -0.184. The summed E-state index contributed by atoms with van der Waals surface area (Å²) in [6.07, 6.45) is 2.96. The topological polar surface area (TPSA) is 119 Å². The third kappa shape index (κ3) is 5.80. The van der Waals surface area contributed by atoms with Crippen LogP contribution in [-0.4, -0.2) is 74.6 Å². The first-order chi connectivity index (χ1) is 21.3. The highest BCUT2D eigenvalue weighted by Gasteiger charge is 2.38. The van der Waals surface area contributed by atoms with Gasteiger partial charge in [0.15, 0.2) is 0 Å². The number of aromatic carboxylic acids is 1. The lowest BCUT2D eigenvalue weighted by Crippen LogP contribution is -2.46. The quantitative estimate of drug-likeness (QED) is 0.275. The molecule has 11 heteroatoms. The standard InChI is InChI=1S/C33H35FN4O6/c34-26-15-24(33(41)19-42-20-33)6-4-23(26)18-44-31-3-1-2-27(36-31)21-8-11-37(12-9-21)17-30-35-28-7-5-22(32(39)40)14-29(28)38(30)16-25-10-13-43-25/h1-7,14-15,21,25,41H,8-13,16-20H2,(H,39,40). The Morgan fingerprint density at radius 1 is 1.07 bits per heavy atom. The molecule has 1 unspecified atom stereocenters. The molecule has 44 heavy (non-hydrogen) atoms. The molecule has 230 valence electrons. The van der Waals surface area contributed by atoms with E-state index in [9.17, 15) is 19.4 Å². The number of ether oxygens (including phenoxy) is 3. The number of fused-ring (bicyclic) bond motifs is 1. The fourth-order valence-electron chi connectivity index (χ4n) is 6.16. The Morgan fingerprint density at radius 2 is 1.89 bits per heavy atom. The van der Waals surface area contributed by atoms with E-state index in [4.69, 9.17) is 24.2 Å². The van der Waals surface area contributed by atoms with Gasteiger partial charge in [0.2, 0.25) is 5.88 Å². The number of piperidine rings is 1. The van der Waals surface area contributed by atoms with Crippen molar-refractivity contribution in [2.45, 2.75) is 56.6 Å². The zero-order valence-electron chi connectivity index (χ0n) is 24.3. The molecule has 0 radical (unpaired) electrons. The Labute approximate surface area is 254 Å². The van der Waals surface area contributed by atoms with E-state index >= 15 is 0 Å². The van der Waals surface area contributed by atoms with Crippen molar-refractivity contribution in [3.8, 4) is 5.88 Å². The van der Waals surface area contributed by atoms with Crippen LogP contribution >= 0.6 is 0 Å². The van der Waals surface area contributed by atoms with E-state index in [1.165, 1.54) is 6.07 Å². The zero-order chi connectivity index (χ0) is 30.3. The number of likely N-dealkylation sites (tertiary alicyclic amines) is 1. The molecule has 2 aromatic carbocycles. The maximum atomic E-state index is 14.7. The summed E-state index contributed by atoms with van der Waals surface area (Å²) < 4.78 is 33.5. The number of carboxylic acid groups (broad SMARTS) is 1. The summed E-state index contributed by atoms with van der Waals surface area (Å²) >= 11 is 0. The van der Waals surface area contributed by atoms with Crippen molar-refractivity contribution in [2.24, 2.45) is 0 Å². The van der Waals surface area contributed by atoms with E-state index in [2.05, 4.69) is 9.47 Å². The Hall–Kier alpha value is -3.90. The van der Waals surface area contributed by atoms with Crippen LogP contribution in [0.2, 0.25) is 0 Å². The van der Waals surface area contributed by atoms with E-state index in [0.717, 1.165) is 61.5 Å². The summed E-state index contributed by atoms with van der Waals surface area (Å²) in [5, 5.41) is 19.9. The Bertz CT molecular complexity index is 1680. The molecule has 4 aromatic rings. The molecular weight excluding hydrogens is 567 g/mol. The second-order valence-electron chi connectivity index (χ2n) is 12.0. The van der Waals surface area contributed by atoms with E-state index in [1.807, 2.05) is 12.1 Å². The van der Waals surface area contributed by atoms with Crippen LogP contribution in [-0.2, 0) is 34.8 Å². The molecule has 0 bridgehead atoms. The molecule has 0 aliphatic carbocycles. The molecule has 0 saturated carbocycles. The van der Waals surface area contributed by atoms with Gasteiger partial charge in [0.05, 0.1) is 49.0 Å². The number of benzene rings is 2. The maximum Gasteiger partial charge on any atom is 0.335 e. The summed E-state index contributed by atoms with van der Waals surface area (Å²) in [5.41, 5.74) is 2.62. The Balaban J connectivity index is 0.982. The molecule has 0 spiro atoms. The summed E-state index contributed by atoms with van der Waals surface area (Å²) in [6.45, 7) is 4.21. The molecule has 7 rings (SSSR count). The highest BCUT2D eigenvalue weighted by atomic mass is 19.1. The highest BCUT2D eigenvalue weighted by molar-refractivity contribution is 5.92. The van der Waals surface area contributed by atoms with Gasteiger partial charge < -0.3 is 29.0 Å². The Morgan fingerprint density at radius 3 is 2.57 bits per heavy atom. The monoisotopic (exact) mass is 602 g/mol. The number of rotatable bonds is 10. The van der Waals surface area contributed by atoms with Crippen LogP contribution in [0.4, 0.5) is 4.39 Å². The van der Waals surface area contributed by atoms with Crippen LogP contribution in [0.5, 0.6) is 5.88 Å². The van der Waals surface area contributed by atoms with Crippen LogP contribution in [0.3, 0.4) is 0 Å². The number of carboxylic acids is 1. The normalized spacial score (nSPS) is 20.3. The predicted molar refractivity (Wildman–Crippen MR) is 158 cm³/mol. The number of hydrogen-bond acceptors (Lipinski definition) is 8. The average Bonchev–Trinajstić information content (AvgIpc) is 3.33. The van der Waals surface area contributed by atoms with Crippen molar-refractivity contribution in [3.63, 3.8) is 0 Å². The van der Waals surface area contributed by atoms with Gasteiger partial charge in [0.1, 0.15) is 23.8 Å². The van der Waals surface area contributed by atoms with Gasteiger partial charge in [-0.2, -0.15) is 0 Å². The maximum absolute atomic E-state index is 14.7. The summed E-state index contributed by atoms with van der Waals surface area (Å²) in [6, 6.07) is 15.5. The zero-order valence-corrected chi connectivity index (χ0v) is 24.3. The lowest BCUT2D eigenvalue weighted by Gasteiger charge is -2.36. The van der Waals surface area contributed by atoms with Gasteiger partial charge in [-0.3, -0.25) is 4.90 Å². The molecule has 3 saturated heterocycles. The number of aromatic nitrogens is 3. The summed E-state index contributed by atoms with van der Waals surface area (Å²) in [7, 11) is 0. The van der Waals surface area contributed by atoms with E-state index in [1.54, 1.807) is 36.4 Å². The van der Waals surface area contributed by atoms with Gasteiger partial charge in [-0.25, -0.2) is 19.2 Å². The van der Waals surface area contributed by atoms with Crippen molar-refractivity contribution in [1.29, 1.82) is 0 Å². The van der Waals surface area contributed by atoms with Crippen LogP contribution in [0.15, 0.2) is 54.6 Å². The van der Waals surface area contributed by atoms with Crippen molar-refractivity contribution in [3.05, 3.63) is 88.6 Å². The number of nitrogens with zero attached hydrogens (tertiary/aromatic N) is 4. The van der Waals surface area contributed by atoms with Gasteiger partial charge >= 0.3 is 5.97 Å². The third-order valence-corrected chi connectivity index (χ3v) is 9.02. The number of halogens is 1. The SMILES string of the molecule is O=C(O)c1ccc2nc(CN3CCC(c4cccc(OCc5ccc(C6(O)COC6)cc5F)n4)CC3)n(CC3CCO3)c2c1. The van der Waals surface area contributed by atoms with Crippen molar-refractivity contribution < 1.29 is 33.6 Å². The fourth-order valence-corrected chi connectivity index (χ4v) is 6.16. The minimum atomic E-state index is -1.11. The minimum Gasteiger partial charge on any atom is -0.478 e. The molecule has 2 aromatic heterocycles. The lowest BCUT2D eigenvalue weighted by atomic mass is 9.91. The van der Waals surface area contributed by atoms with E-state index in [0.29, 0.717) is 30.1 Å². The van der Waals surface area contributed by atoms with Crippen molar-refractivity contribution >= 4 is 17.0 Å². The number of hydrogen-bond donors (Lipinski definition) is 2. The van der Waals surface area contributed by atoms with Crippen LogP contribution < -0.4 is 4.74 Å². The summed E-state index contributed by atoms with van der Waals surface area (Å²) in [4.78, 5) is 23.6. The molecule has 3 fully saturated rings. The molecule has 5 heterocycles. The molecule has 0 amide bonds. The molecule has 2 N–H and O–H groups in total. The first-order valence-electron chi connectivity index (χ1n) is 15.1. The number of carbonyl (C=O) groups is 1. The third-order valence-electron chi connectivity index (χ3n) is 9.02. The van der Waals surface area contributed by atoms with Gasteiger partial charge in [-0.1, -0.05) is 18.2 Å². The highest BCUT2D eigenvalue weighted by Crippen LogP contribution is 2.32. The van der Waals surface area contributed by atoms with Crippen molar-refractivity contribution in [2.75, 3.05) is 32.9 Å². The van der Waals surface area contributed by atoms with E-state index in [-0.39, 0.29) is 37.4 Å². The van der Waals surface area contributed by atoms with Crippen LogP contribution in [0, 0.1) is 5.82 Å². The molecular formula is C33H35FN4O6. The number of aliphatic hydroxyl groups is 1. The largest absolute Gasteiger partial charge is 0.478 e. The van der Waals surface area contributed by atoms with Crippen LogP contribution in [0.1, 0.15) is 58.2 Å². The van der Waals surface area contributed by atoms with Gasteiger partial charge in [-0.15, -0.1) is 0 Å². The second-order valence-corrected chi connectivity index (χ2v) is 12.0. The molecule has 10 nitrogen and oxygen atoms in total. The molecule has 3 aliphatic rings. The summed E-state index contributed by atoms with van der Waals surface area (Å²) in [5.74, 6) is 0.263. The van der Waals surface area contributed by atoms with E-state index < -0.39 is 17.4 Å². The van der Waals surface area contributed by atoms with Crippen molar-refractivity contribution in [1.82, 2.24) is 19.4 Å². The van der Waals surface area contributed by atoms with Gasteiger partial charge in [-0.05, 0) is 68.2 Å². The number of imidazole rings is 1. The second kappa shape index (κ2) is 11.9. The fraction of sp³-hybridized carbons (Fsp3) is 0.424. The van der Waals surface area contributed by atoms with Gasteiger partial charge in [0.25, 0.3) is 0 Å². The first-order valence-corrected chi connectivity index (χ1v) is 15.1. The average molecular weight is 603 g/mol. The first kappa shape index (κ1) is 28.8.